The molecule has 1 aliphatic heterocycles. The van der Waals surface area contributed by atoms with Crippen LogP contribution in [0.3, 0.4) is 0 Å². The number of benzene rings is 1. The molecule has 1 nitrogen and oxygen atoms in total. The number of rotatable bonds is 2. The Morgan fingerprint density at radius 1 is 1.11 bits per heavy atom. The molecule has 0 radical (unpaired) electrons. The van der Waals surface area contributed by atoms with Gasteiger partial charge in [0.05, 0.1) is 0 Å². The van der Waals surface area contributed by atoms with Crippen molar-refractivity contribution >= 4 is 0 Å². The van der Waals surface area contributed by atoms with Crippen molar-refractivity contribution in [1.82, 2.24) is 5.32 Å². The standard InChI is InChI=1S/C18H27N/c1-17(2,3)18(12-7-13-19-18)16-11-5-4-10-15(16)14-8-6-9-14/h4-5,10-11,14,19H,6-9,12-13H2,1-3H3. The summed E-state index contributed by atoms with van der Waals surface area (Å²) in [4.78, 5) is 0. The van der Waals surface area contributed by atoms with Gasteiger partial charge in [0.15, 0.2) is 0 Å². The van der Waals surface area contributed by atoms with E-state index < -0.39 is 0 Å². The van der Waals surface area contributed by atoms with E-state index in [4.69, 9.17) is 0 Å². The number of nitrogens with one attached hydrogen (secondary N) is 1. The average Bonchev–Trinajstić information content (AvgIpc) is 2.77. The summed E-state index contributed by atoms with van der Waals surface area (Å²) >= 11 is 0. The second kappa shape index (κ2) is 4.63. The molecule has 3 rings (SSSR count). The summed E-state index contributed by atoms with van der Waals surface area (Å²) in [5.74, 6) is 0.817. The molecule has 1 aromatic rings. The first-order valence-corrected chi connectivity index (χ1v) is 7.89. The van der Waals surface area contributed by atoms with Crippen molar-refractivity contribution in [2.45, 2.75) is 64.3 Å². The van der Waals surface area contributed by atoms with E-state index in [1.165, 1.54) is 32.1 Å². The molecule has 1 unspecified atom stereocenters. The van der Waals surface area contributed by atoms with E-state index in [-0.39, 0.29) is 11.0 Å². The van der Waals surface area contributed by atoms with Gasteiger partial charge in [0, 0.05) is 5.54 Å². The minimum atomic E-state index is 0.180. The molecule has 104 valence electrons. The third-order valence-electron chi connectivity index (χ3n) is 5.40. The molecule has 1 saturated carbocycles. The maximum Gasteiger partial charge on any atom is 0.0486 e. The molecule has 1 N–H and O–H groups in total. The van der Waals surface area contributed by atoms with E-state index in [2.05, 4.69) is 50.4 Å². The van der Waals surface area contributed by atoms with E-state index in [1.54, 1.807) is 11.1 Å². The largest absolute Gasteiger partial charge is 0.307 e. The van der Waals surface area contributed by atoms with Crippen LogP contribution in [-0.2, 0) is 5.54 Å². The monoisotopic (exact) mass is 257 g/mol. The van der Waals surface area contributed by atoms with Crippen molar-refractivity contribution in [3.8, 4) is 0 Å². The van der Waals surface area contributed by atoms with Crippen LogP contribution in [0.1, 0.15) is 69.9 Å². The lowest BCUT2D eigenvalue weighted by atomic mass is 9.65. The molecule has 19 heavy (non-hydrogen) atoms. The zero-order valence-corrected chi connectivity index (χ0v) is 12.6. The fraction of sp³-hybridized carbons (Fsp3) is 0.667. The van der Waals surface area contributed by atoms with Gasteiger partial charge in [0.1, 0.15) is 0 Å². The lowest BCUT2D eigenvalue weighted by molar-refractivity contribution is 0.158. The molecular weight excluding hydrogens is 230 g/mol. The Hall–Kier alpha value is -0.820. The molecule has 1 aromatic carbocycles. The van der Waals surface area contributed by atoms with Crippen LogP contribution < -0.4 is 5.32 Å². The van der Waals surface area contributed by atoms with Crippen molar-refractivity contribution in [3.63, 3.8) is 0 Å². The Kier molecular flexibility index (Phi) is 3.21. The molecule has 1 aliphatic carbocycles. The van der Waals surface area contributed by atoms with Crippen molar-refractivity contribution in [2.24, 2.45) is 5.41 Å². The summed E-state index contributed by atoms with van der Waals surface area (Å²) in [6, 6.07) is 9.22. The molecule has 0 aromatic heterocycles. The first kappa shape index (κ1) is 13.2. The number of hydrogen-bond donors (Lipinski definition) is 1. The minimum absolute atomic E-state index is 0.180. The molecule has 1 heteroatoms. The van der Waals surface area contributed by atoms with Crippen molar-refractivity contribution in [3.05, 3.63) is 35.4 Å². The van der Waals surface area contributed by atoms with Gasteiger partial charge in [-0.15, -0.1) is 0 Å². The van der Waals surface area contributed by atoms with Crippen LogP contribution in [0, 0.1) is 5.41 Å². The quantitative estimate of drug-likeness (QED) is 0.817. The molecule has 1 saturated heterocycles. The normalized spacial score (nSPS) is 28.4. The lowest BCUT2D eigenvalue weighted by Crippen LogP contribution is -2.48. The SMILES string of the molecule is CC(C)(C)C1(c2ccccc2C2CCC2)CCCN1. The van der Waals surface area contributed by atoms with Crippen molar-refractivity contribution in [2.75, 3.05) is 6.54 Å². The maximum absolute atomic E-state index is 3.87. The second-order valence-corrected chi connectivity index (χ2v) is 7.40. The zero-order chi connectivity index (χ0) is 13.5. The predicted octanol–water partition coefficient (Wildman–Crippen LogP) is 4.58. The molecule has 0 spiro atoms. The Bertz CT molecular complexity index is 445. The van der Waals surface area contributed by atoms with Crippen LogP contribution in [0.25, 0.3) is 0 Å². The molecule has 1 atom stereocenters. The smallest absolute Gasteiger partial charge is 0.0486 e. The number of hydrogen-bond acceptors (Lipinski definition) is 1. The highest BCUT2D eigenvalue weighted by Gasteiger charge is 2.46. The van der Waals surface area contributed by atoms with E-state index >= 15 is 0 Å². The maximum atomic E-state index is 3.87. The van der Waals surface area contributed by atoms with Gasteiger partial charge in [-0.25, -0.2) is 0 Å². The van der Waals surface area contributed by atoms with Gasteiger partial charge in [-0.3, -0.25) is 0 Å². The third kappa shape index (κ3) is 2.03. The summed E-state index contributed by atoms with van der Waals surface area (Å²) in [5, 5.41) is 3.87. The van der Waals surface area contributed by atoms with Crippen LogP contribution in [-0.4, -0.2) is 6.54 Å². The van der Waals surface area contributed by atoms with Gasteiger partial charge in [0.25, 0.3) is 0 Å². The Balaban J connectivity index is 2.08. The molecule has 0 amide bonds. The summed E-state index contributed by atoms with van der Waals surface area (Å²) < 4.78 is 0. The van der Waals surface area contributed by atoms with Crippen LogP contribution in [0.5, 0.6) is 0 Å². The Morgan fingerprint density at radius 2 is 1.84 bits per heavy atom. The van der Waals surface area contributed by atoms with Gasteiger partial charge in [-0.1, -0.05) is 51.5 Å². The van der Waals surface area contributed by atoms with Gasteiger partial charge < -0.3 is 5.32 Å². The van der Waals surface area contributed by atoms with Crippen LogP contribution in [0.15, 0.2) is 24.3 Å². The lowest BCUT2D eigenvalue weighted by Gasteiger charge is -2.45. The van der Waals surface area contributed by atoms with E-state index in [1.807, 2.05) is 0 Å². The topological polar surface area (TPSA) is 12.0 Å². The van der Waals surface area contributed by atoms with Gasteiger partial charge in [-0.05, 0) is 54.7 Å². The fourth-order valence-electron chi connectivity index (χ4n) is 3.98. The van der Waals surface area contributed by atoms with Crippen LogP contribution in [0.2, 0.25) is 0 Å². The van der Waals surface area contributed by atoms with Crippen LogP contribution in [0.4, 0.5) is 0 Å². The van der Waals surface area contributed by atoms with Crippen molar-refractivity contribution < 1.29 is 0 Å². The van der Waals surface area contributed by atoms with Gasteiger partial charge >= 0.3 is 0 Å². The summed E-state index contributed by atoms with van der Waals surface area (Å²) in [7, 11) is 0. The summed E-state index contributed by atoms with van der Waals surface area (Å²) in [5.41, 5.74) is 3.66. The highest BCUT2D eigenvalue weighted by molar-refractivity contribution is 5.39. The third-order valence-corrected chi connectivity index (χ3v) is 5.40. The molecule has 2 fully saturated rings. The Labute approximate surface area is 117 Å². The zero-order valence-electron chi connectivity index (χ0n) is 12.6. The van der Waals surface area contributed by atoms with E-state index in [9.17, 15) is 0 Å². The van der Waals surface area contributed by atoms with Gasteiger partial charge in [-0.2, -0.15) is 0 Å². The summed E-state index contributed by atoms with van der Waals surface area (Å²) in [6.45, 7) is 8.34. The molecular formula is C18H27N. The predicted molar refractivity (Wildman–Crippen MR) is 81.4 cm³/mol. The molecule has 2 aliphatic rings. The molecule has 0 bridgehead atoms. The van der Waals surface area contributed by atoms with Gasteiger partial charge in [0.2, 0.25) is 0 Å². The Morgan fingerprint density at radius 3 is 2.37 bits per heavy atom. The van der Waals surface area contributed by atoms with Crippen LogP contribution >= 0.6 is 0 Å². The van der Waals surface area contributed by atoms with E-state index in [0.29, 0.717) is 0 Å². The average molecular weight is 257 g/mol. The first-order valence-electron chi connectivity index (χ1n) is 7.89. The molecule has 1 heterocycles. The second-order valence-electron chi connectivity index (χ2n) is 7.40. The van der Waals surface area contributed by atoms with Crippen molar-refractivity contribution in [1.29, 1.82) is 0 Å². The first-order chi connectivity index (χ1) is 9.05. The summed E-state index contributed by atoms with van der Waals surface area (Å²) in [6.07, 6.45) is 6.76. The fourth-order valence-corrected chi connectivity index (χ4v) is 3.98. The minimum Gasteiger partial charge on any atom is -0.307 e. The highest BCUT2D eigenvalue weighted by Crippen LogP contribution is 2.49. The highest BCUT2D eigenvalue weighted by atomic mass is 15.0. The van der Waals surface area contributed by atoms with E-state index in [0.717, 1.165) is 12.5 Å².